The molecule has 0 aliphatic heterocycles. The predicted molar refractivity (Wildman–Crippen MR) is 153 cm³/mol. The fraction of sp³-hybridized carbons (Fsp3) is 0.0345. The summed E-state index contributed by atoms with van der Waals surface area (Å²) in [4.78, 5) is 30.5. The molecule has 37 heavy (non-hydrogen) atoms. The molecule has 0 aliphatic rings. The largest absolute Gasteiger partial charge is 0.272 e. The van der Waals surface area contributed by atoms with Crippen LogP contribution in [0.4, 0.5) is 0 Å². The van der Waals surface area contributed by atoms with Gasteiger partial charge in [0.15, 0.2) is 5.16 Å². The van der Waals surface area contributed by atoms with E-state index in [0.717, 1.165) is 21.2 Å². The predicted octanol–water partition coefficient (Wildman–Crippen LogP) is 6.06. The zero-order valence-electron chi connectivity index (χ0n) is 19.5. The standard InChI is InChI=1S/C29H21BrN4O2S/c30-23-14-16-24(17-15-23)34-28(36)25-8-4-5-9-26(25)32-29(34)37-19-27(35)33-31-18-20-10-12-22(13-11-20)21-6-2-1-3-7-21/h1-18H,19H2,(H,33,35)/b31-18+. The van der Waals surface area contributed by atoms with E-state index >= 15 is 0 Å². The topological polar surface area (TPSA) is 76.3 Å². The fourth-order valence-electron chi connectivity index (χ4n) is 3.76. The van der Waals surface area contributed by atoms with Crippen molar-refractivity contribution in [2.24, 2.45) is 5.10 Å². The van der Waals surface area contributed by atoms with Crippen molar-refractivity contribution < 1.29 is 4.79 Å². The normalized spacial score (nSPS) is 11.2. The number of amides is 1. The smallest absolute Gasteiger partial charge is 0.266 e. The number of fused-ring (bicyclic) bond motifs is 1. The van der Waals surface area contributed by atoms with Gasteiger partial charge < -0.3 is 0 Å². The number of thioether (sulfide) groups is 1. The average molecular weight is 569 g/mol. The number of hydrogen-bond donors (Lipinski definition) is 1. The molecule has 1 heterocycles. The van der Waals surface area contributed by atoms with E-state index in [1.54, 1.807) is 18.3 Å². The summed E-state index contributed by atoms with van der Waals surface area (Å²) < 4.78 is 2.43. The van der Waals surface area contributed by atoms with Crippen molar-refractivity contribution in [3.63, 3.8) is 0 Å². The van der Waals surface area contributed by atoms with Gasteiger partial charge in [-0.2, -0.15) is 5.10 Å². The first kappa shape index (κ1) is 24.7. The molecule has 0 saturated carbocycles. The number of benzene rings is 4. The third-order valence-electron chi connectivity index (χ3n) is 5.58. The highest BCUT2D eigenvalue weighted by Gasteiger charge is 2.14. The maximum atomic E-state index is 13.3. The van der Waals surface area contributed by atoms with Gasteiger partial charge in [-0.3, -0.25) is 14.2 Å². The van der Waals surface area contributed by atoms with Crippen molar-refractivity contribution in [2.45, 2.75) is 5.16 Å². The molecule has 1 N–H and O–H groups in total. The van der Waals surface area contributed by atoms with Crippen molar-refractivity contribution in [3.05, 3.63) is 124 Å². The summed E-state index contributed by atoms with van der Waals surface area (Å²) in [5, 5.41) is 5.03. The lowest BCUT2D eigenvalue weighted by Gasteiger charge is -2.13. The molecule has 8 heteroatoms. The zero-order valence-corrected chi connectivity index (χ0v) is 21.9. The van der Waals surface area contributed by atoms with Crippen LogP contribution < -0.4 is 11.0 Å². The number of para-hydroxylation sites is 1. The van der Waals surface area contributed by atoms with Crippen molar-refractivity contribution >= 4 is 50.7 Å². The molecule has 1 amide bonds. The SMILES string of the molecule is O=C(CSc1nc2ccccc2c(=O)n1-c1ccc(Br)cc1)N/N=C/c1ccc(-c2ccccc2)cc1. The molecule has 0 bridgehead atoms. The van der Waals surface area contributed by atoms with Gasteiger partial charge in [0.05, 0.1) is 28.6 Å². The quantitative estimate of drug-likeness (QED) is 0.112. The Labute approximate surface area is 226 Å². The number of hydrazone groups is 1. The maximum Gasteiger partial charge on any atom is 0.266 e. The third kappa shape index (κ3) is 5.87. The highest BCUT2D eigenvalue weighted by atomic mass is 79.9. The zero-order chi connectivity index (χ0) is 25.6. The lowest BCUT2D eigenvalue weighted by Crippen LogP contribution is -2.24. The molecule has 5 aromatic rings. The monoisotopic (exact) mass is 568 g/mol. The molecule has 0 radical (unpaired) electrons. The van der Waals surface area contributed by atoms with Crippen LogP contribution in [-0.4, -0.2) is 27.4 Å². The summed E-state index contributed by atoms with van der Waals surface area (Å²) in [6, 6.07) is 32.6. The van der Waals surface area contributed by atoms with Crippen molar-refractivity contribution in [3.8, 4) is 16.8 Å². The molecular formula is C29H21BrN4O2S. The van der Waals surface area contributed by atoms with Crippen molar-refractivity contribution in [1.29, 1.82) is 0 Å². The lowest BCUT2D eigenvalue weighted by molar-refractivity contribution is -0.118. The molecule has 0 fully saturated rings. The number of halogens is 1. The third-order valence-corrected chi connectivity index (χ3v) is 7.05. The van der Waals surface area contributed by atoms with Gasteiger partial charge in [-0.05, 0) is 53.1 Å². The first-order chi connectivity index (χ1) is 18.1. The molecule has 0 saturated heterocycles. The van der Waals surface area contributed by atoms with Gasteiger partial charge in [-0.1, -0.05) is 94.4 Å². The Morgan fingerprint density at radius 2 is 1.57 bits per heavy atom. The van der Waals surface area contributed by atoms with Crippen LogP contribution in [0.1, 0.15) is 5.56 Å². The van der Waals surface area contributed by atoms with E-state index in [0.29, 0.717) is 21.7 Å². The molecule has 0 unspecified atom stereocenters. The molecule has 182 valence electrons. The van der Waals surface area contributed by atoms with Crippen molar-refractivity contribution in [1.82, 2.24) is 15.0 Å². The highest BCUT2D eigenvalue weighted by Crippen LogP contribution is 2.22. The van der Waals surface area contributed by atoms with E-state index in [1.807, 2.05) is 78.9 Å². The second-order valence-electron chi connectivity index (χ2n) is 8.10. The van der Waals surface area contributed by atoms with Crippen LogP contribution in [0.15, 0.2) is 123 Å². The van der Waals surface area contributed by atoms with Gasteiger partial charge in [0.1, 0.15) is 0 Å². The summed E-state index contributed by atoms with van der Waals surface area (Å²) in [6.07, 6.45) is 1.60. The Morgan fingerprint density at radius 1 is 0.892 bits per heavy atom. The van der Waals surface area contributed by atoms with E-state index in [1.165, 1.54) is 16.3 Å². The molecule has 1 aromatic heterocycles. The van der Waals surface area contributed by atoms with E-state index in [9.17, 15) is 9.59 Å². The summed E-state index contributed by atoms with van der Waals surface area (Å²) in [7, 11) is 0. The number of aromatic nitrogens is 2. The van der Waals surface area contributed by atoms with E-state index in [2.05, 4.69) is 43.6 Å². The second kappa shape index (κ2) is 11.4. The van der Waals surface area contributed by atoms with E-state index in [4.69, 9.17) is 0 Å². The number of hydrogen-bond acceptors (Lipinski definition) is 5. The Bertz CT molecular complexity index is 1630. The Balaban J connectivity index is 1.29. The van der Waals surface area contributed by atoms with Crippen LogP contribution in [0.2, 0.25) is 0 Å². The van der Waals surface area contributed by atoms with Crippen molar-refractivity contribution in [2.75, 3.05) is 5.75 Å². The number of nitrogens with zero attached hydrogens (tertiary/aromatic N) is 3. The van der Waals surface area contributed by atoms with Gasteiger partial charge >= 0.3 is 0 Å². The number of carbonyl (C=O) groups is 1. The Morgan fingerprint density at radius 3 is 2.32 bits per heavy atom. The summed E-state index contributed by atoms with van der Waals surface area (Å²) in [5.74, 6) is -0.252. The van der Waals surface area contributed by atoms with Crippen LogP contribution >= 0.6 is 27.7 Å². The maximum absolute atomic E-state index is 13.3. The minimum atomic E-state index is -0.299. The van der Waals surface area contributed by atoms with Crippen LogP contribution in [0, 0.1) is 0 Å². The summed E-state index contributed by atoms with van der Waals surface area (Å²) >= 11 is 4.61. The number of rotatable bonds is 7. The molecular weight excluding hydrogens is 548 g/mol. The Hall–Kier alpha value is -4.01. The molecule has 0 spiro atoms. The number of carbonyl (C=O) groups excluding carboxylic acids is 1. The molecule has 4 aromatic carbocycles. The van der Waals surface area contributed by atoms with E-state index < -0.39 is 0 Å². The Kier molecular flexibility index (Phi) is 7.58. The summed E-state index contributed by atoms with van der Waals surface area (Å²) in [6.45, 7) is 0. The molecule has 5 rings (SSSR count). The van der Waals surface area contributed by atoms with Gasteiger partial charge in [-0.25, -0.2) is 10.4 Å². The first-order valence-corrected chi connectivity index (χ1v) is 13.2. The van der Waals surface area contributed by atoms with Gasteiger partial charge in [0, 0.05) is 4.47 Å². The fourth-order valence-corrected chi connectivity index (χ4v) is 4.83. The average Bonchev–Trinajstić information content (AvgIpc) is 2.94. The van der Waals surface area contributed by atoms with Crippen LogP contribution in [0.25, 0.3) is 27.7 Å². The minimum Gasteiger partial charge on any atom is -0.272 e. The van der Waals surface area contributed by atoms with Crippen LogP contribution in [0.5, 0.6) is 0 Å². The van der Waals surface area contributed by atoms with Crippen LogP contribution in [-0.2, 0) is 4.79 Å². The van der Waals surface area contributed by atoms with Gasteiger partial charge in [0.25, 0.3) is 11.5 Å². The highest BCUT2D eigenvalue weighted by molar-refractivity contribution is 9.10. The number of nitrogens with one attached hydrogen (secondary N) is 1. The molecule has 0 aliphatic carbocycles. The van der Waals surface area contributed by atoms with E-state index in [-0.39, 0.29) is 17.2 Å². The molecule has 6 nitrogen and oxygen atoms in total. The van der Waals surface area contributed by atoms with Gasteiger partial charge in [-0.15, -0.1) is 0 Å². The first-order valence-electron chi connectivity index (χ1n) is 11.5. The lowest BCUT2D eigenvalue weighted by atomic mass is 10.0. The second-order valence-corrected chi connectivity index (χ2v) is 9.96. The van der Waals surface area contributed by atoms with Gasteiger partial charge in [0.2, 0.25) is 0 Å². The van der Waals surface area contributed by atoms with Crippen LogP contribution in [0.3, 0.4) is 0 Å². The summed E-state index contributed by atoms with van der Waals surface area (Å²) in [5.41, 5.74) is 6.74. The molecule has 0 atom stereocenters. The minimum absolute atomic E-state index is 0.0472.